The maximum Gasteiger partial charge on any atom is 0.317 e. The van der Waals surface area contributed by atoms with Gasteiger partial charge < -0.3 is 20.3 Å². The molecule has 170 valence electrons. The summed E-state index contributed by atoms with van der Waals surface area (Å²) in [6.45, 7) is 5.77. The summed E-state index contributed by atoms with van der Waals surface area (Å²) in [4.78, 5) is 28.9. The second kappa shape index (κ2) is 9.12. The summed E-state index contributed by atoms with van der Waals surface area (Å²) in [5, 5.41) is 5.74. The van der Waals surface area contributed by atoms with Crippen LogP contribution in [0.5, 0.6) is 5.75 Å². The van der Waals surface area contributed by atoms with E-state index in [1.165, 1.54) is 12.1 Å². The second-order valence-corrected chi connectivity index (χ2v) is 8.37. The molecule has 2 aliphatic rings. The standard InChI is InChI=1S/C23H26F2N4O3/c1-14(2)26-23(31)29-8-7-28-12-22(30)27-20-9-15(18-5-4-16(24)10-19(18)25)3-6-21(20)32-13-17(28)11-29/h3-6,9-10,14,17H,7-8,11-13H2,1-2H3,(H,26,31)(H,27,30)/t17-/m1/s1. The van der Waals surface area contributed by atoms with Crippen molar-refractivity contribution in [2.45, 2.75) is 25.9 Å². The van der Waals surface area contributed by atoms with Crippen molar-refractivity contribution in [2.24, 2.45) is 0 Å². The number of urea groups is 1. The summed E-state index contributed by atoms with van der Waals surface area (Å²) in [5.74, 6) is -1.11. The molecular formula is C23H26F2N4O3. The molecule has 0 spiro atoms. The van der Waals surface area contributed by atoms with Crippen LogP contribution in [0.1, 0.15) is 13.8 Å². The summed E-state index contributed by atoms with van der Waals surface area (Å²) in [7, 11) is 0. The van der Waals surface area contributed by atoms with E-state index >= 15 is 0 Å². The van der Waals surface area contributed by atoms with Crippen LogP contribution < -0.4 is 15.4 Å². The van der Waals surface area contributed by atoms with E-state index in [0.717, 1.165) is 6.07 Å². The molecular weight excluding hydrogens is 418 g/mol. The maximum absolute atomic E-state index is 14.2. The topological polar surface area (TPSA) is 73.9 Å². The quantitative estimate of drug-likeness (QED) is 0.747. The Kier molecular flexibility index (Phi) is 6.27. The highest BCUT2D eigenvalue weighted by molar-refractivity contribution is 5.94. The number of piperazine rings is 1. The van der Waals surface area contributed by atoms with Crippen LogP contribution in [0.3, 0.4) is 0 Å². The number of ether oxygens (including phenoxy) is 1. The minimum atomic E-state index is -0.683. The van der Waals surface area contributed by atoms with Crippen molar-refractivity contribution in [2.75, 3.05) is 38.1 Å². The lowest BCUT2D eigenvalue weighted by molar-refractivity contribution is -0.118. The number of halogens is 2. The Morgan fingerprint density at radius 1 is 1.19 bits per heavy atom. The highest BCUT2D eigenvalue weighted by Gasteiger charge is 2.32. The number of nitrogens with one attached hydrogen (secondary N) is 2. The fourth-order valence-electron chi connectivity index (χ4n) is 3.99. The SMILES string of the molecule is CC(C)NC(=O)N1CCN2CC(=O)Nc3cc(-c4ccc(F)cc4F)ccc3OC[C@H]2C1. The molecule has 2 aromatic rings. The smallest absolute Gasteiger partial charge is 0.317 e. The molecule has 32 heavy (non-hydrogen) atoms. The van der Waals surface area contributed by atoms with Crippen LogP contribution >= 0.6 is 0 Å². The Balaban J connectivity index is 1.55. The lowest BCUT2D eigenvalue weighted by Gasteiger charge is -2.40. The number of fused-ring (bicyclic) bond motifs is 2. The van der Waals surface area contributed by atoms with Gasteiger partial charge in [-0.1, -0.05) is 6.07 Å². The van der Waals surface area contributed by atoms with Crippen molar-refractivity contribution in [3.63, 3.8) is 0 Å². The first kappa shape index (κ1) is 22.0. The third-order valence-corrected chi connectivity index (χ3v) is 5.58. The number of anilines is 1. The highest BCUT2D eigenvalue weighted by atomic mass is 19.1. The third-order valence-electron chi connectivity index (χ3n) is 5.58. The van der Waals surface area contributed by atoms with Crippen molar-refractivity contribution in [3.05, 3.63) is 48.0 Å². The minimum absolute atomic E-state index is 0.0371. The van der Waals surface area contributed by atoms with Crippen LogP contribution in [0.2, 0.25) is 0 Å². The minimum Gasteiger partial charge on any atom is -0.490 e. The van der Waals surface area contributed by atoms with Gasteiger partial charge in [0.05, 0.1) is 18.3 Å². The molecule has 4 rings (SSSR count). The van der Waals surface area contributed by atoms with Gasteiger partial charge in [0.15, 0.2) is 0 Å². The average molecular weight is 444 g/mol. The van der Waals surface area contributed by atoms with E-state index in [4.69, 9.17) is 4.74 Å². The predicted molar refractivity (Wildman–Crippen MR) is 117 cm³/mol. The van der Waals surface area contributed by atoms with Crippen LogP contribution in [0.15, 0.2) is 36.4 Å². The third kappa shape index (κ3) is 4.83. The van der Waals surface area contributed by atoms with Gasteiger partial charge in [-0.2, -0.15) is 0 Å². The van der Waals surface area contributed by atoms with Crippen molar-refractivity contribution in [3.8, 4) is 16.9 Å². The Hall–Kier alpha value is -3.20. The Bertz CT molecular complexity index is 1030. The van der Waals surface area contributed by atoms with Crippen molar-refractivity contribution >= 4 is 17.6 Å². The van der Waals surface area contributed by atoms with Crippen LogP contribution in [-0.4, -0.2) is 66.6 Å². The van der Waals surface area contributed by atoms with E-state index < -0.39 is 11.6 Å². The lowest BCUT2D eigenvalue weighted by Crippen LogP contribution is -2.59. The van der Waals surface area contributed by atoms with Gasteiger partial charge in [0.2, 0.25) is 5.91 Å². The lowest BCUT2D eigenvalue weighted by atomic mass is 10.0. The molecule has 1 saturated heterocycles. The fraction of sp³-hybridized carbons (Fsp3) is 0.391. The summed E-state index contributed by atoms with van der Waals surface area (Å²) in [6.07, 6.45) is 0. The van der Waals surface area contributed by atoms with Gasteiger partial charge in [-0.3, -0.25) is 9.69 Å². The zero-order chi connectivity index (χ0) is 22.8. The molecule has 2 N–H and O–H groups in total. The van der Waals surface area contributed by atoms with Crippen LogP contribution in [0, 0.1) is 11.6 Å². The summed E-state index contributed by atoms with van der Waals surface area (Å²) in [6, 6.07) is 8.09. The average Bonchev–Trinajstić information content (AvgIpc) is 2.79. The van der Waals surface area contributed by atoms with Gasteiger partial charge in [0.1, 0.15) is 24.0 Å². The molecule has 0 bridgehead atoms. The van der Waals surface area contributed by atoms with Crippen molar-refractivity contribution in [1.29, 1.82) is 0 Å². The Labute approximate surface area is 185 Å². The Morgan fingerprint density at radius 2 is 2.00 bits per heavy atom. The molecule has 1 fully saturated rings. The number of amides is 3. The zero-order valence-electron chi connectivity index (χ0n) is 18.0. The van der Waals surface area contributed by atoms with Crippen molar-refractivity contribution < 1.29 is 23.1 Å². The number of benzene rings is 2. The molecule has 0 aliphatic carbocycles. The van der Waals surface area contributed by atoms with E-state index in [0.29, 0.717) is 36.6 Å². The van der Waals surface area contributed by atoms with Gasteiger partial charge in [-0.15, -0.1) is 0 Å². The summed E-state index contributed by atoms with van der Waals surface area (Å²) in [5.41, 5.74) is 1.15. The van der Waals surface area contributed by atoms with Crippen molar-refractivity contribution in [1.82, 2.24) is 15.1 Å². The number of rotatable bonds is 2. The first-order valence-electron chi connectivity index (χ1n) is 10.6. The number of hydrogen-bond donors (Lipinski definition) is 2. The number of carbonyl (C=O) groups is 2. The molecule has 2 aromatic carbocycles. The van der Waals surface area contributed by atoms with Crippen LogP contribution in [-0.2, 0) is 4.79 Å². The van der Waals surface area contributed by atoms with E-state index in [9.17, 15) is 18.4 Å². The zero-order valence-corrected chi connectivity index (χ0v) is 18.0. The van der Waals surface area contributed by atoms with Gasteiger partial charge in [0, 0.05) is 37.3 Å². The molecule has 0 saturated carbocycles. The number of nitrogens with zero attached hydrogens (tertiary/aromatic N) is 2. The largest absolute Gasteiger partial charge is 0.490 e. The molecule has 9 heteroatoms. The normalized spacial score (nSPS) is 19.1. The van der Waals surface area contributed by atoms with Crippen LogP contribution in [0.25, 0.3) is 11.1 Å². The van der Waals surface area contributed by atoms with Gasteiger partial charge in [-0.25, -0.2) is 13.6 Å². The van der Waals surface area contributed by atoms with Crippen LogP contribution in [0.4, 0.5) is 19.3 Å². The summed E-state index contributed by atoms with van der Waals surface area (Å²) < 4.78 is 33.5. The molecule has 7 nitrogen and oxygen atoms in total. The van der Waals surface area contributed by atoms with E-state index in [2.05, 4.69) is 10.6 Å². The van der Waals surface area contributed by atoms with Gasteiger partial charge in [-0.05, 0) is 43.7 Å². The molecule has 0 aromatic heterocycles. The fourth-order valence-corrected chi connectivity index (χ4v) is 3.99. The Morgan fingerprint density at radius 3 is 2.75 bits per heavy atom. The van der Waals surface area contributed by atoms with E-state index in [-0.39, 0.29) is 42.7 Å². The first-order chi connectivity index (χ1) is 15.3. The van der Waals surface area contributed by atoms with Gasteiger partial charge >= 0.3 is 6.03 Å². The molecule has 0 unspecified atom stereocenters. The second-order valence-electron chi connectivity index (χ2n) is 8.37. The monoisotopic (exact) mass is 444 g/mol. The highest BCUT2D eigenvalue weighted by Crippen LogP contribution is 2.33. The number of hydrogen-bond acceptors (Lipinski definition) is 4. The first-order valence-corrected chi connectivity index (χ1v) is 10.6. The molecule has 1 atom stereocenters. The molecule has 3 amide bonds. The van der Waals surface area contributed by atoms with E-state index in [1.54, 1.807) is 23.1 Å². The molecule has 0 radical (unpaired) electrons. The van der Waals surface area contributed by atoms with Gasteiger partial charge in [0.25, 0.3) is 0 Å². The maximum atomic E-state index is 14.2. The summed E-state index contributed by atoms with van der Waals surface area (Å²) >= 11 is 0. The molecule has 2 aliphatic heterocycles. The molecule has 2 heterocycles. The van der Waals surface area contributed by atoms with E-state index in [1.807, 2.05) is 18.7 Å². The predicted octanol–water partition coefficient (Wildman–Crippen LogP) is 3.07. The number of carbonyl (C=O) groups excluding carboxylic acids is 2.